The smallest absolute Gasteiger partial charge is 0.496 e. The highest BCUT2D eigenvalue weighted by Crippen LogP contribution is 2.32. The zero-order valence-electron chi connectivity index (χ0n) is 27.0. The summed E-state index contributed by atoms with van der Waals surface area (Å²) in [6.45, 7) is 7.16. The van der Waals surface area contributed by atoms with Gasteiger partial charge in [0.05, 0.1) is 36.8 Å². The Bertz CT molecular complexity index is 1610. The quantitative estimate of drug-likeness (QED) is 0.210. The lowest BCUT2D eigenvalue weighted by Gasteiger charge is -2.33. The first-order chi connectivity index (χ1) is 21.8. The van der Waals surface area contributed by atoms with Crippen molar-refractivity contribution < 1.29 is 37.9 Å². The van der Waals surface area contributed by atoms with Crippen LogP contribution in [-0.2, 0) is 27.8 Å². The average Bonchev–Trinajstić information content (AvgIpc) is 3.35. The Labute approximate surface area is 267 Å². The predicted octanol–water partition coefficient (Wildman–Crippen LogP) is 4.61. The number of piperazine rings is 1. The van der Waals surface area contributed by atoms with Gasteiger partial charge in [-0.05, 0) is 69.7 Å². The normalized spacial score (nSPS) is 16.4. The monoisotopic (exact) mass is 636 g/mol. The van der Waals surface area contributed by atoms with Crippen molar-refractivity contribution in [1.82, 2.24) is 19.4 Å². The molecule has 46 heavy (non-hydrogen) atoms. The Kier molecular flexibility index (Phi) is 9.66. The van der Waals surface area contributed by atoms with Gasteiger partial charge in [0.15, 0.2) is 0 Å². The van der Waals surface area contributed by atoms with Gasteiger partial charge < -0.3 is 28.7 Å². The van der Waals surface area contributed by atoms with Crippen LogP contribution in [0, 0.1) is 11.7 Å². The predicted molar refractivity (Wildman–Crippen MR) is 168 cm³/mol. The van der Waals surface area contributed by atoms with E-state index in [-0.39, 0.29) is 43.5 Å². The molecule has 246 valence electrons. The van der Waals surface area contributed by atoms with Crippen LogP contribution < -0.4 is 4.74 Å². The number of carbonyl (C=O) groups excluding carboxylic acids is 4. The highest BCUT2D eigenvalue weighted by molar-refractivity contribution is 6.45. The van der Waals surface area contributed by atoms with Gasteiger partial charge in [-0.1, -0.05) is 12.1 Å². The molecule has 0 spiro atoms. The lowest BCUT2D eigenvalue weighted by Crippen LogP contribution is -2.51. The number of fused-ring (bicyclic) bond motifs is 1. The van der Waals surface area contributed by atoms with Crippen molar-refractivity contribution in [2.24, 2.45) is 13.0 Å². The van der Waals surface area contributed by atoms with E-state index in [1.165, 1.54) is 29.2 Å². The summed E-state index contributed by atoms with van der Waals surface area (Å²) >= 11 is 0. The van der Waals surface area contributed by atoms with Gasteiger partial charge in [-0.15, -0.1) is 5.06 Å². The highest BCUT2D eigenvalue weighted by atomic mass is 19.1. The van der Waals surface area contributed by atoms with Crippen LogP contribution in [0.15, 0.2) is 42.6 Å². The lowest BCUT2D eigenvalue weighted by molar-refractivity contribution is -0.162. The van der Waals surface area contributed by atoms with Gasteiger partial charge in [0, 0.05) is 50.9 Å². The minimum atomic E-state index is -0.825. The van der Waals surface area contributed by atoms with Crippen molar-refractivity contribution in [3.05, 3.63) is 65.1 Å². The third-order valence-electron chi connectivity index (χ3n) is 8.44. The zero-order chi connectivity index (χ0) is 33.2. The maximum Gasteiger partial charge on any atom is 0.528 e. The molecule has 1 aromatic heterocycles. The molecule has 2 aromatic carbocycles. The van der Waals surface area contributed by atoms with Gasteiger partial charge in [-0.3, -0.25) is 14.4 Å². The molecule has 3 heterocycles. The molecule has 2 amide bonds. The van der Waals surface area contributed by atoms with Gasteiger partial charge in [-0.25, -0.2) is 9.18 Å². The van der Waals surface area contributed by atoms with E-state index in [0.717, 1.165) is 24.8 Å². The summed E-state index contributed by atoms with van der Waals surface area (Å²) in [6.07, 6.45) is 3.23. The van der Waals surface area contributed by atoms with Gasteiger partial charge in [-0.2, -0.15) is 0 Å². The second kappa shape index (κ2) is 13.5. The molecule has 12 heteroatoms. The van der Waals surface area contributed by atoms with Crippen LogP contribution in [0.5, 0.6) is 5.75 Å². The first kappa shape index (κ1) is 32.9. The summed E-state index contributed by atoms with van der Waals surface area (Å²) in [6, 6.07) is 9.91. The molecular formula is C34H41FN4O7. The van der Waals surface area contributed by atoms with Crippen molar-refractivity contribution in [2.75, 3.05) is 46.4 Å². The van der Waals surface area contributed by atoms with Gasteiger partial charge in [0.1, 0.15) is 17.2 Å². The van der Waals surface area contributed by atoms with Crippen molar-refractivity contribution in [1.29, 1.82) is 0 Å². The van der Waals surface area contributed by atoms with E-state index < -0.39 is 23.4 Å². The topological polar surface area (TPSA) is 111 Å². The van der Waals surface area contributed by atoms with Gasteiger partial charge in [0.25, 0.3) is 17.6 Å². The number of carbonyl (C=O) groups is 4. The van der Waals surface area contributed by atoms with Crippen LogP contribution >= 0.6 is 0 Å². The molecular weight excluding hydrogens is 595 g/mol. The molecule has 0 radical (unpaired) electrons. The SMILES string of the molecule is COc1cc2c(cc1C(=O)N1CCC(Cc3ccc(F)cc3)CC1)c(C(=O)C(=O)N1CCN(OC(=O)OC(C)(C)C)CC1)cn2C. The van der Waals surface area contributed by atoms with Crippen LogP contribution in [-0.4, -0.2) is 95.2 Å². The standard InChI is InChI=1S/C34H41FN4O7/c1-34(2,3)45-33(43)46-39-16-14-38(15-17-39)32(42)30(40)27-21-36(4)28-20-29(44-5)26(19-25(27)28)31(41)37-12-10-23(11-13-37)18-22-6-8-24(35)9-7-22/h6-9,19-21,23H,10-18H2,1-5H3. The number of piperidine rings is 1. The number of amides is 2. The van der Waals surface area contributed by atoms with Crippen molar-refractivity contribution in [3.8, 4) is 5.75 Å². The van der Waals surface area contributed by atoms with Crippen LogP contribution in [0.3, 0.4) is 0 Å². The fourth-order valence-corrected chi connectivity index (χ4v) is 6.01. The van der Waals surface area contributed by atoms with E-state index in [0.29, 0.717) is 41.2 Å². The first-order valence-electron chi connectivity index (χ1n) is 15.5. The van der Waals surface area contributed by atoms with Crippen LogP contribution in [0.25, 0.3) is 10.9 Å². The number of Topliss-reactive ketones (excluding diaryl/α,β-unsaturated/α-hetero) is 1. The number of rotatable bonds is 7. The molecule has 3 aromatic rings. The Morgan fingerprint density at radius 1 is 0.891 bits per heavy atom. The summed E-state index contributed by atoms with van der Waals surface area (Å²) < 4.78 is 25.8. The van der Waals surface area contributed by atoms with Crippen molar-refractivity contribution in [3.63, 3.8) is 0 Å². The van der Waals surface area contributed by atoms with E-state index in [1.807, 2.05) is 0 Å². The number of ketones is 1. The zero-order valence-corrected chi connectivity index (χ0v) is 27.0. The van der Waals surface area contributed by atoms with E-state index in [4.69, 9.17) is 14.3 Å². The Morgan fingerprint density at radius 3 is 2.15 bits per heavy atom. The highest BCUT2D eigenvalue weighted by Gasteiger charge is 2.32. The molecule has 11 nitrogen and oxygen atoms in total. The number of hydrogen-bond donors (Lipinski definition) is 0. The molecule has 0 bridgehead atoms. The average molecular weight is 637 g/mol. The fourth-order valence-electron chi connectivity index (χ4n) is 6.01. The minimum Gasteiger partial charge on any atom is -0.496 e. The van der Waals surface area contributed by atoms with Crippen molar-refractivity contribution in [2.45, 2.75) is 45.6 Å². The molecule has 5 rings (SSSR count). The Morgan fingerprint density at radius 2 is 1.54 bits per heavy atom. The Balaban J connectivity index is 1.26. The molecule has 2 aliphatic heterocycles. The fraction of sp³-hybridized carbons (Fsp3) is 0.471. The van der Waals surface area contributed by atoms with Gasteiger partial charge in [0.2, 0.25) is 0 Å². The number of methoxy groups -OCH3 is 1. The second-order valence-corrected chi connectivity index (χ2v) is 12.9. The first-order valence-corrected chi connectivity index (χ1v) is 15.5. The lowest BCUT2D eigenvalue weighted by atomic mass is 9.90. The van der Waals surface area contributed by atoms with Crippen LogP contribution in [0.4, 0.5) is 9.18 Å². The maximum atomic E-state index is 13.8. The molecule has 0 N–H and O–H groups in total. The summed E-state index contributed by atoms with van der Waals surface area (Å²) in [4.78, 5) is 61.1. The molecule has 0 aliphatic carbocycles. The minimum absolute atomic E-state index is 0.187. The van der Waals surface area contributed by atoms with Crippen LogP contribution in [0.1, 0.15) is 59.9 Å². The van der Waals surface area contributed by atoms with E-state index in [2.05, 4.69) is 0 Å². The second-order valence-electron chi connectivity index (χ2n) is 12.9. The van der Waals surface area contributed by atoms with Crippen molar-refractivity contribution >= 4 is 34.7 Å². The molecule has 2 fully saturated rings. The summed E-state index contributed by atoms with van der Waals surface area (Å²) in [5, 5.41) is 1.90. The number of halogens is 1. The largest absolute Gasteiger partial charge is 0.528 e. The van der Waals surface area contributed by atoms with E-state index in [1.54, 1.807) is 67.7 Å². The van der Waals surface area contributed by atoms with E-state index >= 15 is 0 Å². The number of nitrogens with zero attached hydrogens (tertiary/aromatic N) is 4. The van der Waals surface area contributed by atoms with E-state index in [9.17, 15) is 23.6 Å². The third kappa shape index (κ3) is 7.50. The molecule has 2 saturated heterocycles. The molecule has 2 aliphatic rings. The number of aryl methyl sites for hydroxylation is 1. The third-order valence-corrected chi connectivity index (χ3v) is 8.44. The van der Waals surface area contributed by atoms with Crippen LogP contribution in [0.2, 0.25) is 0 Å². The number of ether oxygens (including phenoxy) is 2. The Hall–Kier alpha value is -4.45. The number of hydrogen-bond acceptors (Lipinski definition) is 8. The molecule has 0 unspecified atom stereocenters. The summed E-state index contributed by atoms with van der Waals surface area (Å²) in [5.41, 5.74) is 1.55. The molecule has 0 atom stereocenters. The summed E-state index contributed by atoms with van der Waals surface area (Å²) in [5.74, 6) is -1.04. The summed E-state index contributed by atoms with van der Waals surface area (Å²) in [7, 11) is 3.26. The maximum absolute atomic E-state index is 13.8. The number of aromatic nitrogens is 1. The molecule has 0 saturated carbocycles. The van der Waals surface area contributed by atoms with Gasteiger partial charge >= 0.3 is 6.16 Å². The number of likely N-dealkylation sites (tertiary alicyclic amines) is 1. The number of benzene rings is 2. The number of hydroxylamine groups is 2.